The van der Waals surface area contributed by atoms with Crippen molar-refractivity contribution in [3.05, 3.63) is 23.0 Å². The lowest BCUT2D eigenvalue weighted by Crippen LogP contribution is -2.23. The smallest absolute Gasteiger partial charge is 0.164 e. The summed E-state index contributed by atoms with van der Waals surface area (Å²) in [5.74, 6) is 0.362. The minimum Gasteiger partial charge on any atom is -0.345 e. The van der Waals surface area contributed by atoms with E-state index in [1.807, 2.05) is 11.8 Å². The molecule has 19 heavy (non-hydrogen) atoms. The summed E-state index contributed by atoms with van der Waals surface area (Å²) in [6, 6.07) is 2.77. The normalized spacial score (nSPS) is 27.4. The fraction of sp³-hybridized carbons (Fsp3) is 0.688. The van der Waals surface area contributed by atoms with Crippen molar-refractivity contribution in [2.45, 2.75) is 63.2 Å². The van der Waals surface area contributed by atoms with E-state index in [4.69, 9.17) is 0 Å². The summed E-state index contributed by atoms with van der Waals surface area (Å²) in [6.45, 7) is 2.17. The van der Waals surface area contributed by atoms with Crippen LogP contribution in [0.3, 0.4) is 0 Å². The first-order valence-corrected chi connectivity index (χ1v) is 8.76. The molecule has 0 saturated heterocycles. The van der Waals surface area contributed by atoms with Gasteiger partial charge in [0.1, 0.15) is 0 Å². The molecule has 0 amide bonds. The first-order chi connectivity index (χ1) is 9.20. The number of thioether (sulfide) groups is 1. The van der Waals surface area contributed by atoms with E-state index in [2.05, 4.69) is 23.8 Å². The third-order valence-electron chi connectivity index (χ3n) is 4.79. The number of hydrogen-bond donors (Lipinski definition) is 0. The Morgan fingerprint density at radius 3 is 2.63 bits per heavy atom. The van der Waals surface area contributed by atoms with Crippen LogP contribution in [-0.2, 0) is 6.42 Å². The van der Waals surface area contributed by atoms with Crippen LogP contribution in [0.15, 0.2) is 6.07 Å². The van der Waals surface area contributed by atoms with Crippen molar-refractivity contribution in [1.82, 2.24) is 4.57 Å². The van der Waals surface area contributed by atoms with Gasteiger partial charge in [-0.25, -0.2) is 0 Å². The third kappa shape index (κ3) is 2.37. The van der Waals surface area contributed by atoms with Crippen LogP contribution in [-0.4, -0.2) is 21.9 Å². The highest BCUT2D eigenvalue weighted by atomic mass is 32.2. The number of carbonyl (C=O) groups excluding carboxylic acids is 1. The number of fused-ring (bicyclic) bond motifs is 1. The van der Waals surface area contributed by atoms with Crippen molar-refractivity contribution in [2.24, 2.45) is 0 Å². The first kappa shape index (κ1) is 13.3. The van der Waals surface area contributed by atoms with Gasteiger partial charge in [0, 0.05) is 34.7 Å². The zero-order valence-electron chi connectivity index (χ0n) is 11.9. The number of rotatable bonds is 2. The molecule has 2 aliphatic carbocycles. The minimum absolute atomic E-state index is 0.362. The average Bonchev–Trinajstić information content (AvgIpc) is 2.77. The first-order valence-electron chi connectivity index (χ1n) is 7.47. The van der Waals surface area contributed by atoms with Gasteiger partial charge in [0.15, 0.2) is 5.78 Å². The highest BCUT2D eigenvalue weighted by Gasteiger charge is 2.28. The number of ketones is 1. The van der Waals surface area contributed by atoms with Gasteiger partial charge < -0.3 is 4.57 Å². The van der Waals surface area contributed by atoms with Crippen LogP contribution in [0.25, 0.3) is 0 Å². The van der Waals surface area contributed by atoms with Crippen molar-refractivity contribution in [3.8, 4) is 0 Å². The molecular formula is C16H23NOS. The Hall–Kier alpha value is -0.700. The Bertz CT molecular complexity index is 483. The Labute approximate surface area is 120 Å². The summed E-state index contributed by atoms with van der Waals surface area (Å²) in [6.07, 6.45) is 10.3. The van der Waals surface area contributed by atoms with E-state index >= 15 is 0 Å². The topological polar surface area (TPSA) is 22.0 Å². The van der Waals surface area contributed by atoms with Gasteiger partial charge in [-0.15, -0.1) is 0 Å². The van der Waals surface area contributed by atoms with E-state index in [0.29, 0.717) is 11.8 Å². The molecule has 0 spiro atoms. The Morgan fingerprint density at radius 1 is 1.21 bits per heavy atom. The maximum atomic E-state index is 12.0. The van der Waals surface area contributed by atoms with Crippen molar-refractivity contribution < 1.29 is 4.79 Å². The summed E-state index contributed by atoms with van der Waals surface area (Å²) in [4.78, 5) is 12.0. The number of hydrogen-bond acceptors (Lipinski definition) is 2. The minimum atomic E-state index is 0.362. The molecule has 3 rings (SSSR count). The fourth-order valence-corrected chi connectivity index (χ4v) is 4.54. The zero-order chi connectivity index (χ0) is 13.4. The molecule has 0 unspecified atom stereocenters. The largest absolute Gasteiger partial charge is 0.345 e. The van der Waals surface area contributed by atoms with E-state index in [1.165, 1.54) is 37.1 Å². The molecule has 1 fully saturated rings. The van der Waals surface area contributed by atoms with Gasteiger partial charge in [-0.2, -0.15) is 11.8 Å². The fourth-order valence-electron chi connectivity index (χ4n) is 3.80. The number of aryl methyl sites for hydroxylation is 1. The molecule has 2 nitrogen and oxygen atoms in total. The molecular weight excluding hydrogens is 254 g/mol. The van der Waals surface area contributed by atoms with E-state index in [1.54, 1.807) is 0 Å². The third-order valence-corrected chi connectivity index (χ3v) is 5.93. The Morgan fingerprint density at radius 2 is 1.95 bits per heavy atom. The van der Waals surface area contributed by atoms with Gasteiger partial charge in [0.25, 0.3) is 0 Å². The highest BCUT2D eigenvalue weighted by Crippen LogP contribution is 2.37. The summed E-state index contributed by atoms with van der Waals surface area (Å²) < 4.78 is 2.50. The maximum Gasteiger partial charge on any atom is 0.164 e. The van der Waals surface area contributed by atoms with Crippen molar-refractivity contribution in [1.29, 1.82) is 0 Å². The number of carbonyl (C=O) groups is 1. The van der Waals surface area contributed by atoms with Crippen molar-refractivity contribution >= 4 is 17.5 Å². The molecule has 0 N–H and O–H groups in total. The van der Waals surface area contributed by atoms with Crippen LogP contribution in [0.4, 0.5) is 0 Å². The van der Waals surface area contributed by atoms with Gasteiger partial charge in [-0.3, -0.25) is 4.79 Å². The molecule has 1 aromatic heterocycles. The summed E-state index contributed by atoms with van der Waals surface area (Å²) >= 11 is 2.02. The van der Waals surface area contributed by atoms with Gasteiger partial charge in [-0.05, 0) is 57.8 Å². The van der Waals surface area contributed by atoms with Crippen molar-refractivity contribution in [2.75, 3.05) is 6.26 Å². The predicted octanol–water partition coefficient (Wildman–Crippen LogP) is 4.16. The molecule has 1 aromatic rings. The zero-order valence-corrected chi connectivity index (χ0v) is 12.8. The van der Waals surface area contributed by atoms with Crippen LogP contribution >= 0.6 is 11.8 Å². The lowest BCUT2D eigenvalue weighted by atomic mass is 9.93. The standard InChI is InChI=1S/C16H23NOS/c1-11-10-14-15(4-3-5-16(14)18)17(11)12-6-8-13(19-2)9-7-12/h10,12-13H,3-9H2,1-2H3. The second-order valence-corrected chi connectivity index (χ2v) is 7.10. The second-order valence-electron chi connectivity index (χ2n) is 5.96. The van der Waals surface area contributed by atoms with Crippen LogP contribution < -0.4 is 0 Å². The van der Waals surface area contributed by atoms with E-state index in [-0.39, 0.29) is 0 Å². The molecule has 1 heterocycles. The van der Waals surface area contributed by atoms with Gasteiger partial charge in [0.05, 0.1) is 0 Å². The molecule has 0 bridgehead atoms. The molecule has 0 radical (unpaired) electrons. The summed E-state index contributed by atoms with van der Waals surface area (Å²) in [5, 5.41) is 0.851. The lowest BCUT2D eigenvalue weighted by Gasteiger charge is -2.31. The molecule has 0 aliphatic heterocycles. The number of aromatic nitrogens is 1. The van der Waals surface area contributed by atoms with Crippen LogP contribution in [0, 0.1) is 6.92 Å². The molecule has 3 heteroatoms. The summed E-state index contributed by atoms with van der Waals surface area (Å²) in [7, 11) is 0. The monoisotopic (exact) mass is 277 g/mol. The Kier molecular flexibility index (Phi) is 3.75. The molecule has 0 atom stereocenters. The van der Waals surface area contributed by atoms with Gasteiger partial charge >= 0.3 is 0 Å². The highest BCUT2D eigenvalue weighted by molar-refractivity contribution is 7.99. The van der Waals surface area contributed by atoms with E-state index < -0.39 is 0 Å². The SMILES string of the molecule is CSC1CCC(n2c(C)cc3c2CCCC3=O)CC1. The molecule has 2 aliphatic rings. The molecule has 1 saturated carbocycles. The van der Waals surface area contributed by atoms with E-state index in [9.17, 15) is 4.79 Å². The quantitative estimate of drug-likeness (QED) is 0.809. The lowest BCUT2D eigenvalue weighted by molar-refractivity contribution is 0.0971. The van der Waals surface area contributed by atoms with Gasteiger partial charge in [-0.1, -0.05) is 0 Å². The van der Waals surface area contributed by atoms with Crippen LogP contribution in [0.1, 0.15) is 66.3 Å². The number of nitrogens with zero attached hydrogens (tertiary/aromatic N) is 1. The molecule has 0 aromatic carbocycles. The summed E-state index contributed by atoms with van der Waals surface area (Å²) in [5.41, 5.74) is 3.66. The Balaban J connectivity index is 1.87. The van der Waals surface area contributed by atoms with Crippen LogP contribution in [0.5, 0.6) is 0 Å². The second kappa shape index (κ2) is 5.35. The predicted molar refractivity (Wildman–Crippen MR) is 81.2 cm³/mol. The van der Waals surface area contributed by atoms with Crippen LogP contribution in [0.2, 0.25) is 0 Å². The molecule has 104 valence electrons. The van der Waals surface area contributed by atoms with Crippen molar-refractivity contribution in [3.63, 3.8) is 0 Å². The van der Waals surface area contributed by atoms with Gasteiger partial charge in [0.2, 0.25) is 0 Å². The maximum absolute atomic E-state index is 12.0. The number of Topliss-reactive ketones (excluding diaryl/α,β-unsaturated/α-hetero) is 1. The average molecular weight is 277 g/mol. The van der Waals surface area contributed by atoms with E-state index in [0.717, 1.165) is 30.1 Å².